The maximum Gasteiger partial charge on any atom is 0.410 e. The van der Waals surface area contributed by atoms with Gasteiger partial charge in [-0.2, -0.15) is 0 Å². The van der Waals surface area contributed by atoms with Gasteiger partial charge in [0.15, 0.2) is 0 Å². The molecular weight excluding hydrogens is 468 g/mol. The molecule has 7 nitrogen and oxygen atoms in total. The number of pyridine rings is 1. The predicted octanol–water partition coefficient (Wildman–Crippen LogP) is 5.07. The van der Waals surface area contributed by atoms with E-state index in [-0.39, 0.29) is 30.1 Å². The summed E-state index contributed by atoms with van der Waals surface area (Å²) in [6, 6.07) is 24.5. The van der Waals surface area contributed by atoms with Gasteiger partial charge < -0.3 is 19.4 Å². The van der Waals surface area contributed by atoms with Crippen molar-refractivity contribution in [3.63, 3.8) is 0 Å². The second kappa shape index (κ2) is 11.1. The lowest BCUT2D eigenvalue weighted by Crippen LogP contribution is -2.41. The number of likely N-dealkylation sites (tertiary alicyclic amines) is 1. The lowest BCUT2D eigenvalue weighted by Gasteiger charge is -2.30. The largest absolute Gasteiger partial charge is 0.445 e. The maximum atomic E-state index is 12.8. The predicted molar refractivity (Wildman–Crippen MR) is 140 cm³/mol. The number of esters is 1. The number of fused-ring (bicyclic) bond motifs is 1. The van der Waals surface area contributed by atoms with E-state index < -0.39 is 0 Å². The van der Waals surface area contributed by atoms with E-state index in [9.17, 15) is 14.4 Å². The molecule has 188 valence electrons. The Bertz CT molecular complexity index is 1460. The molecule has 0 atom stereocenters. The van der Waals surface area contributed by atoms with E-state index in [1.165, 1.54) is 0 Å². The number of benzene rings is 3. The summed E-state index contributed by atoms with van der Waals surface area (Å²) in [7, 11) is 0. The minimum atomic E-state index is -0.363. The molecular formula is C30H28N2O5. The number of aromatic amines is 1. The molecule has 1 aromatic heterocycles. The number of piperidine rings is 1. The van der Waals surface area contributed by atoms with Crippen LogP contribution in [0.2, 0.25) is 0 Å². The van der Waals surface area contributed by atoms with E-state index in [0.29, 0.717) is 43.5 Å². The molecule has 1 aliphatic rings. The molecule has 2 heterocycles. The van der Waals surface area contributed by atoms with Crippen LogP contribution in [0.1, 0.15) is 29.5 Å². The number of aromatic nitrogens is 1. The lowest BCUT2D eigenvalue weighted by molar-refractivity contribution is -0.140. The zero-order chi connectivity index (χ0) is 25.6. The molecule has 1 aliphatic heterocycles. The van der Waals surface area contributed by atoms with Gasteiger partial charge in [-0.1, -0.05) is 60.7 Å². The molecule has 4 aromatic rings. The number of H-pyrrole nitrogens is 1. The molecule has 7 heteroatoms. The third kappa shape index (κ3) is 5.89. The highest BCUT2D eigenvalue weighted by atomic mass is 16.6. The average Bonchev–Trinajstić information content (AvgIpc) is 2.94. The van der Waals surface area contributed by atoms with Gasteiger partial charge in [0.2, 0.25) is 0 Å². The first-order valence-corrected chi connectivity index (χ1v) is 12.4. The number of carbonyl (C=O) groups excluding carboxylic acids is 2. The quantitative estimate of drug-likeness (QED) is 0.297. The fourth-order valence-electron chi connectivity index (χ4n) is 4.66. The smallest absolute Gasteiger partial charge is 0.410 e. The highest BCUT2D eigenvalue weighted by molar-refractivity contribution is 5.84. The molecule has 1 fully saturated rings. The van der Waals surface area contributed by atoms with Crippen molar-refractivity contribution in [2.75, 3.05) is 13.1 Å². The maximum absolute atomic E-state index is 12.8. The normalized spacial score (nSPS) is 13.9. The first-order chi connectivity index (χ1) is 18.1. The van der Waals surface area contributed by atoms with E-state index in [0.717, 1.165) is 22.1 Å². The van der Waals surface area contributed by atoms with Crippen LogP contribution in [0.25, 0.3) is 10.8 Å². The Hall–Kier alpha value is -4.39. The van der Waals surface area contributed by atoms with Crippen molar-refractivity contribution in [1.82, 2.24) is 9.88 Å². The third-order valence-corrected chi connectivity index (χ3v) is 6.70. The van der Waals surface area contributed by atoms with Gasteiger partial charge in [0.1, 0.15) is 12.4 Å². The minimum absolute atomic E-state index is 0.113. The van der Waals surface area contributed by atoms with Gasteiger partial charge in [-0.25, -0.2) is 4.79 Å². The Labute approximate surface area is 214 Å². The summed E-state index contributed by atoms with van der Waals surface area (Å²) in [6.45, 7) is 1.13. The van der Waals surface area contributed by atoms with Crippen LogP contribution >= 0.6 is 0 Å². The van der Waals surface area contributed by atoms with Crippen LogP contribution in [0.4, 0.5) is 4.79 Å². The number of carbonyl (C=O) groups is 2. The standard InChI is InChI=1S/C30H28N2O5/c33-28-27-12-5-4-11-26(27)24(19-31-28)17-22-9-6-10-25(18-22)37-29(34)23-13-15-32(16-14-23)30(35)36-20-21-7-2-1-3-8-21/h1-12,18-19,23H,13-17,20H2,(H,31,33). The van der Waals surface area contributed by atoms with Gasteiger partial charge in [0, 0.05) is 24.7 Å². The Morgan fingerprint density at radius 3 is 2.35 bits per heavy atom. The van der Waals surface area contributed by atoms with E-state index in [2.05, 4.69) is 4.98 Å². The lowest BCUT2D eigenvalue weighted by atomic mass is 9.97. The fourth-order valence-corrected chi connectivity index (χ4v) is 4.66. The molecule has 3 aromatic carbocycles. The van der Waals surface area contributed by atoms with Gasteiger partial charge in [-0.3, -0.25) is 9.59 Å². The number of nitrogens with one attached hydrogen (secondary N) is 1. The molecule has 0 aliphatic carbocycles. The minimum Gasteiger partial charge on any atom is -0.445 e. The summed E-state index contributed by atoms with van der Waals surface area (Å²) in [4.78, 5) is 41.8. The first-order valence-electron chi connectivity index (χ1n) is 12.4. The van der Waals surface area contributed by atoms with Crippen LogP contribution in [0, 0.1) is 5.92 Å². The van der Waals surface area contributed by atoms with Crippen LogP contribution in [-0.2, 0) is 22.6 Å². The molecule has 1 saturated heterocycles. The van der Waals surface area contributed by atoms with Crippen molar-refractivity contribution in [3.05, 3.63) is 112 Å². The second-order valence-corrected chi connectivity index (χ2v) is 9.24. The van der Waals surface area contributed by atoms with Crippen molar-refractivity contribution >= 4 is 22.8 Å². The van der Waals surface area contributed by atoms with Crippen molar-refractivity contribution in [2.45, 2.75) is 25.9 Å². The van der Waals surface area contributed by atoms with Crippen molar-refractivity contribution < 1.29 is 19.1 Å². The van der Waals surface area contributed by atoms with Gasteiger partial charge in [-0.05, 0) is 59.5 Å². The molecule has 0 saturated carbocycles. The Kier molecular flexibility index (Phi) is 7.31. The molecule has 0 bridgehead atoms. The van der Waals surface area contributed by atoms with Gasteiger partial charge >= 0.3 is 12.1 Å². The number of hydrogen-bond donors (Lipinski definition) is 1. The van der Waals surface area contributed by atoms with E-state index in [4.69, 9.17) is 9.47 Å². The highest BCUT2D eigenvalue weighted by Gasteiger charge is 2.29. The Morgan fingerprint density at radius 2 is 1.57 bits per heavy atom. The summed E-state index contributed by atoms with van der Waals surface area (Å²) < 4.78 is 11.1. The van der Waals surface area contributed by atoms with Crippen LogP contribution in [0.15, 0.2) is 89.9 Å². The summed E-state index contributed by atoms with van der Waals surface area (Å²) in [5.74, 6) is -0.0742. The van der Waals surface area contributed by atoms with Crippen molar-refractivity contribution in [3.8, 4) is 5.75 Å². The van der Waals surface area contributed by atoms with Crippen LogP contribution in [0.5, 0.6) is 5.75 Å². The average molecular weight is 497 g/mol. The fraction of sp³-hybridized carbons (Fsp3) is 0.233. The monoisotopic (exact) mass is 496 g/mol. The first kappa shape index (κ1) is 24.3. The van der Waals surface area contributed by atoms with Crippen LogP contribution in [-0.4, -0.2) is 35.0 Å². The molecule has 0 radical (unpaired) electrons. The number of ether oxygens (including phenoxy) is 2. The Balaban J connectivity index is 1.15. The summed E-state index contributed by atoms with van der Waals surface area (Å²) in [5, 5.41) is 1.56. The molecule has 0 unspecified atom stereocenters. The molecule has 37 heavy (non-hydrogen) atoms. The molecule has 5 rings (SSSR count). The van der Waals surface area contributed by atoms with Crippen molar-refractivity contribution in [2.24, 2.45) is 5.92 Å². The summed E-state index contributed by atoms with van der Waals surface area (Å²) in [6.07, 6.45) is 3.02. The van der Waals surface area contributed by atoms with E-state index in [1.54, 1.807) is 17.2 Å². The number of nitrogens with zero attached hydrogens (tertiary/aromatic N) is 1. The van der Waals surface area contributed by atoms with E-state index >= 15 is 0 Å². The summed E-state index contributed by atoms with van der Waals surface area (Å²) >= 11 is 0. The van der Waals surface area contributed by atoms with Crippen LogP contribution in [0.3, 0.4) is 0 Å². The van der Waals surface area contributed by atoms with Crippen LogP contribution < -0.4 is 10.3 Å². The summed E-state index contributed by atoms with van der Waals surface area (Å²) in [5.41, 5.74) is 2.78. The zero-order valence-electron chi connectivity index (χ0n) is 20.4. The zero-order valence-corrected chi connectivity index (χ0v) is 20.4. The SMILES string of the molecule is O=C(Oc1cccc(Cc2c[nH]c(=O)c3ccccc23)c1)C1CCN(C(=O)OCc2ccccc2)CC1. The van der Waals surface area contributed by atoms with Crippen molar-refractivity contribution in [1.29, 1.82) is 0 Å². The third-order valence-electron chi connectivity index (χ3n) is 6.70. The number of rotatable bonds is 6. The molecule has 1 N–H and O–H groups in total. The highest BCUT2D eigenvalue weighted by Crippen LogP contribution is 2.24. The molecule has 0 spiro atoms. The number of amides is 1. The number of hydrogen-bond acceptors (Lipinski definition) is 5. The van der Waals surface area contributed by atoms with E-state index in [1.807, 2.05) is 72.8 Å². The second-order valence-electron chi connectivity index (χ2n) is 9.24. The van der Waals surface area contributed by atoms with Gasteiger partial charge in [0.05, 0.1) is 5.92 Å². The molecule has 1 amide bonds. The van der Waals surface area contributed by atoms with Gasteiger partial charge in [-0.15, -0.1) is 0 Å². The topological polar surface area (TPSA) is 88.7 Å². The van der Waals surface area contributed by atoms with Gasteiger partial charge in [0.25, 0.3) is 5.56 Å². The Morgan fingerprint density at radius 1 is 0.865 bits per heavy atom.